The highest BCUT2D eigenvalue weighted by Crippen LogP contribution is 2.21. The first kappa shape index (κ1) is 12.5. The average molecular weight is 194 g/mol. The molecule has 2 nitrogen and oxygen atoms in total. The Morgan fingerprint density at radius 3 is 2.38 bits per heavy atom. The van der Waals surface area contributed by atoms with Gasteiger partial charge in [-0.3, -0.25) is 0 Å². The van der Waals surface area contributed by atoms with E-state index in [4.69, 9.17) is 5.11 Å². The van der Waals surface area contributed by atoms with Gasteiger partial charge in [0.25, 0.3) is 5.92 Å². The lowest BCUT2D eigenvalue weighted by molar-refractivity contribution is -0.117. The van der Waals surface area contributed by atoms with Crippen LogP contribution in [-0.4, -0.2) is 22.9 Å². The first-order valence-corrected chi connectivity index (χ1v) is 4.39. The number of rotatable bonds is 6. The van der Waals surface area contributed by atoms with Crippen molar-refractivity contribution < 1.29 is 18.7 Å². The van der Waals surface area contributed by atoms with Gasteiger partial charge in [0, 0.05) is 13.3 Å². The van der Waals surface area contributed by atoms with Crippen LogP contribution in [-0.2, 0) is 4.79 Å². The molecule has 0 heterocycles. The number of ketones is 1. The van der Waals surface area contributed by atoms with Crippen LogP contribution in [0, 0.1) is 0 Å². The number of hydrogen-bond acceptors (Lipinski definition) is 2. The highest BCUT2D eigenvalue weighted by molar-refractivity contribution is 5.75. The second-order valence-corrected chi connectivity index (χ2v) is 3.42. The third-order valence-corrected chi connectivity index (χ3v) is 1.84. The van der Waals surface area contributed by atoms with Gasteiger partial charge in [0.15, 0.2) is 0 Å². The third-order valence-electron chi connectivity index (χ3n) is 1.84. The van der Waals surface area contributed by atoms with Crippen molar-refractivity contribution in [1.29, 1.82) is 0 Å². The van der Waals surface area contributed by atoms with Gasteiger partial charge in [0.05, 0.1) is 0 Å². The molecule has 0 spiro atoms. The van der Waals surface area contributed by atoms with Crippen molar-refractivity contribution in [3.8, 4) is 0 Å². The van der Waals surface area contributed by atoms with E-state index in [0.717, 1.165) is 0 Å². The molecule has 0 saturated carbocycles. The lowest BCUT2D eigenvalue weighted by Gasteiger charge is -2.17. The van der Waals surface area contributed by atoms with Crippen LogP contribution in [0.4, 0.5) is 8.78 Å². The van der Waals surface area contributed by atoms with Crippen LogP contribution in [0.5, 0.6) is 0 Å². The molecule has 0 saturated heterocycles. The van der Waals surface area contributed by atoms with Crippen LogP contribution < -0.4 is 0 Å². The van der Waals surface area contributed by atoms with Gasteiger partial charge < -0.3 is 9.90 Å². The summed E-state index contributed by atoms with van der Waals surface area (Å²) in [5.41, 5.74) is 0. The first-order valence-electron chi connectivity index (χ1n) is 4.39. The summed E-state index contributed by atoms with van der Waals surface area (Å²) < 4.78 is 24.8. The number of hydrogen-bond donors (Lipinski definition) is 1. The summed E-state index contributed by atoms with van der Waals surface area (Å²) in [6.07, 6.45) is -0.0923. The van der Waals surface area contributed by atoms with E-state index in [1.54, 1.807) is 0 Å². The summed E-state index contributed by atoms with van der Waals surface area (Å²) in [6, 6.07) is 0. The zero-order valence-electron chi connectivity index (χ0n) is 8.02. The lowest BCUT2D eigenvalue weighted by Crippen LogP contribution is -2.29. The van der Waals surface area contributed by atoms with Gasteiger partial charge in [-0.25, -0.2) is 8.78 Å². The minimum Gasteiger partial charge on any atom is -0.387 e. The standard InChI is InChI=1S/C9H16F2O2/c1-7(12)5-3-4-6-8(13)9(2,10)11/h8,13H,3-6H2,1-2H3. The predicted molar refractivity (Wildman–Crippen MR) is 45.8 cm³/mol. The van der Waals surface area contributed by atoms with Crippen LogP contribution in [0.25, 0.3) is 0 Å². The molecule has 0 aromatic heterocycles. The van der Waals surface area contributed by atoms with Crippen molar-refractivity contribution in [3.05, 3.63) is 0 Å². The van der Waals surface area contributed by atoms with Gasteiger partial charge >= 0.3 is 0 Å². The Hall–Kier alpha value is -0.510. The van der Waals surface area contributed by atoms with E-state index >= 15 is 0 Å². The van der Waals surface area contributed by atoms with Crippen molar-refractivity contribution in [2.45, 2.75) is 51.6 Å². The number of carbonyl (C=O) groups excluding carboxylic acids is 1. The van der Waals surface area contributed by atoms with Crippen LogP contribution >= 0.6 is 0 Å². The molecule has 1 unspecified atom stereocenters. The predicted octanol–water partition coefficient (Wildman–Crippen LogP) is 2.15. The normalized spacial score (nSPS) is 14.2. The molecule has 0 fully saturated rings. The summed E-state index contributed by atoms with van der Waals surface area (Å²) in [5, 5.41) is 8.92. The number of aliphatic hydroxyl groups excluding tert-OH is 1. The van der Waals surface area contributed by atoms with E-state index in [9.17, 15) is 13.6 Å². The lowest BCUT2D eigenvalue weighted by atomic mass is 10.1. The molecule has 4 heteroatoms. The molecular formula is C9H16F2O2. The van der Waals surface area contributed by atoms with E-state index in [1.165, 1.54) is 6.92 Å². The highest BCUT2D eigenvalue weighted by Gasteiger charge is 2.31. The molecule has 1 atom stereocenters. The van der Waals surface area contributed by atoms with Gasteiger partial charge in [-0.05, 0) is 19.8 Å². The van der Waals surface area contributed by atoms with Crippen molar-refractivity contribution >= 4 is 5.78 Å². The molecule has 0 aliphatic heterocycles. The van der Waals surface area contributed by atoms with Gasteiger partial charge in [-0.1, -0.05) is 6.42 Å². The minimum absolute atomic E-state index is 0.0524. The molecule has 0 bridgehead atoms. The Kier molecular flexibility index (Phi) is 5.06. The SMILES string of the molecule is CC(=O)CCCCC(O)C(C)(F)F. The number of aliphatic hydroxyl groups is 1. The number of Topliss-reactive ketones (excluding diaryl/α,β-unsaturated/α-hetero) is 1. The number of halogens is 2. The van der Waals surface area contributed by atoms with E-state index in [-0.39, 0.29) is 12.2 Å². The molecule has 13 heavy (non-hydrogen) atoms. The Bertz CT molecular complexity index is 163. The number of unbranched alkanes of at least 4 members (excludes halogenated alkanes) is 1. The molecule has 0 radical (unpaired) electrons. The Labute approximate surface area is 76.9 Å². The van der Waals surface area contributed by atoms with Crippen molar-refractivity contribution in [2.75, 3.05) is 0 Å². The van der Waals surface area contributed by atoms with Crippen LogP contribution in [0.2, 0.25) is 0 Å². The monoisotopic (exact) mass is 194 g/mol. The van der Waals surface area contributed by atoms with E-state index in [2.05, 4.69) is 0 Å². The molecular weight excluding hydrogens is 178 g/mol. The number of alkyl halides is 2. The van der Waals surface area contributed by atoms with E-state index < -0.39 is 12.0 Å². The average Bonchev–Trinajstić information content (AvgIpc) is 1.95. The molecule has 0 rings (SSSR count). The molecule has 0 aliphatic carbocycles. The summed E-state index contributed by atoms with van der Waals surface area (Å²) >= 11 is 0. The Morgan fingerprint density at radius 2 is 2.00 bits per heavy atom. The van der Waals surface area contributed by atoms with E-state index in [1.807, 2.05) is 0 Å². The maximum absolute atomic E-state index is 12.4. The van der Waals surface area contributed by atoms with Gasteiger partial charge in [-0.2, -0.15) is 0 Å². The fourth-order valence-electron chi connectivity index (χ4n) is 0.965. The van der Waals surface area contributed by atoms with Crippen molar-refractivity contribution in [1.82, 2.24) is 0 Å². The zero-order chi connectivity index (χ0) is 10.5. The smallest absolute Gasteiger partial charge is 0.270 e. The quantitative estimate of drug-likeness (QED) is 0.658. The van der Waals surface area contributed by atoms with Gasteiger partial charge in [0.2, 0.25) is 0 Å². The molecule has 1 N–H and O–H groups in total. The minimum atomic E-state index is -3.03. The summed E-state index contributed by atoms with van der Waals surface area (Å²) in [4.78, 5) is 10.5. The first-order chi connectivity index (χ1) is 5.84. The molecule has 0 amide bonds. The highest BCUT2D eigenvalue weighted by atomic mass is 19.3. The number of carbonyl (C=O) groups is 1. The molecule has 0 aliphatic rings. The Morgan fingerprint density at radius 1 is 1.46 bits per heavy atom. The zero-order valence-corrected chi connectivity index (χ0v) is 8.02. The second kappa shape index (κ2) is 5.27. The molecule has 78 valence electrons. The largest absolute Gasteiger partial charge is 0.387 e. The third kappa shape index (κ3) is 6.63. The molecule has 0 aromatic rings. The van der Waals surface area contributed by atoms with Crippen LogP contribution in [0.1, 0.15) is 39.5 Å². The van der Waals surface area contributed by atoms with Gasteiger partial charge in [0.1, 0.15) is 11.9 Å². The van der Waals surface area contributed by atoms with Crippen LogP contribution in [0.3, 0.4) is 0 Å². The molecule has 0 aromatic carbocycles. The second-order valence-electron chi connectivity index (χ2n) is 3.42. The van der Waals surface area contributed by atoms with Crippen molar-refractivity contribution in [3.63, 3.8) is 0 Å². The van der Waals surface area contributed by atoms with E-state index in [0.29, 0.717) is 26.2 Å². The topological polar surface area (TPSA) is 37.3 Å². The maximum atomic E-state index is 12.4. The fraction of sp³-hybridized carbons (Fsp3) is 0.889. The Balaban J connectivity index is 3.49. The summed E-state index contributed by atoms with van der Waals surface area (Å²) in [7, 11) is 0. The summed E-state index contributed by atoms with van der Waals surface area (Å²) in [5.74, 6) is -2.98. The van der Waals surface area contributed by atoms with Crippen molar-refractivity contribution in [2.24, 2.45) is 0 Å². The fourth-order valence-corrected chi connectivity index (χ4v) is 0.965. The van der Waals surface area contributed by atoms with Gasteiger partial charge in [-0.15, -0.1) is 0 Å². The van der Waals surface area contributed by atoms with Crippen LogP contribution in [0.15, 0.2) is 0 Å². The maximum Gasteiger partial charge on any atom is 0.270 e. The summed E-state index contributed by atoms with van der Waals surface area (Å²) in [6.45, 7) is 2.16.